The fourth-order valence-electron chi connectivity index (χ4n) is 4.26. The van der Waals surface area contributed by atoms with Gasteiger partial charge in [-0.05, 0) is 73.7 Å². The summed E-state index contributed by atoms with van der Waals surface area (Å²) in [6.45, 7) is 5.62. The number of para-hydroxylation sites is 2. The van der Waals surface area contributed by atoms with Crippen LogP contribution in [0.1, 0.15) is 29.5 Å². The Morgan fingerprint density at radius 3 is 2.43 bits per heavy atom. The van der Waals surface area contributed by atoms with Crippen LogP contribution in [-0.2, 0) is 21.2 Å². The maximum absolute atomic E-state index is 13.5. The SMILES string of the molecule is COc1ccccc1NS(=O)(=O)c1cc(NC(=O)Cc2ccc(C)c(C)c2)ccc1N1CCCC1. The molecule has 0 aromatic heterocycles. The number of nitrogens with one attached hydrogen (secondary N) is 2. The third-order valence-electron chi connectivity index (χ3n) is 6.27. The van der Waals surface area contributed by atoms with Crippen molar-refractivity contribution in [1.82, 2.24) is 0 Å². The van der Waals surface area contributed by atoms with E-state index in [0.29, 0.717) is 22.8 Å². The van der Waals surface area contributed by atoms with Gasteiger partial charge in [-0.15, -0.1) is 0 Å². The first kappa shape index (κ1) is 24.6. The molecule has 0 radical (unpaired) electrons. The molecular weight excluding hydrogens is 462 g/mol. The third-order valence-corrected chi connectivity index (χ3v) is 7.66. The number of rotatable bonds is 8. The number of carbonyl (C=O) groups is 1. The van der Waals surface area contributed by atoms with E-state index in [1.165, 1.54) is 18.7 Å². The maximum Gasteiger partial charge on any atom is 0.264 e. The summed E-state index contributed by atoms with van der Waals surface area (Å²) in [5.74, 6) is 0.222. The van der Waals surface area contributed by atoms with E-state index in [-0.39, 0.29) is 17.2 Å². The molecule has 35 heavy (non-hydrogen) atoms. The van der Waals surface area contributed by atoms with Crippen LogP contribution >= 0.6 is 0 Å². The molecule has 1 heterocycles. The van der Waals surface area contributed by atoms with Crippen LogP contribution in [0.25, 0.3) is 0 Å². The van der Waals surface area contributed by atoms with Gasteiger partial charge in [-0.25, -0.2) is 8.42 Å². The molecule has 1 aliphatic rings. The van der Waals surface area contributed by atoms with Gasteiger partial charge in [0, 0.05) is 18.8 Å². The van der Waals surface area contributed by atoms with Crippen molar-refractivity contribution < 1.29 is 17.9 Å². The highest BCUT2D eigenvalue weighted by atomic mass is 32.2. The molecule has 1 saturated heterocycles. The number of ether oxygens (including phenoxy) is 1. The Bertz CT molecular complexity index is 1330. The third kappa shape index (κ3) is 5.77. The molecule has 3 aromatic rings. The van der Waals surface area contributed by atoms with Crippen molar-refractivity contribution in [3.63, 3.8) is 0 Å². The van der Waals surface area contributed by atoms with E-state index in [1.54, 1.807) is 36.4 Å². The van der Waals surface area contributed by atoms with Crippen molar-refractivity contribution in [1.29, 1.82) is 0 Å². The summed E-state index contributed by atoms with van der Waals surface area (Å²) in [6.07, 6.45) is 2.22. The van der Waals surface area contributed by atoms with Gasteiger partial charge in [0.15, 0.2) is 0 Å². The van der Waals surface area contributed by atoms with E-state index in [4.69, 9.17) is 4.74 Å². The summed E-state index contributed by atoms with van der Waals surface area (Å²) in [5, 5.41) is 2.87. The number of carbonyl (C=O) groups excluding carboxylic acids is 1. The molecule has 0 saturated carbocycles. The van der Waals surface area contributed by atoms with Crippen molar-refractivity contribution in [3.8, 4) is 5.75 Å². The van der Waals surface area contributed by atoms with Gasteiger partial charge in [-0.1, -0.05) is 30.3 Å². The van der Waals surface area contributed by atoms with Crippen LogP contribution < -0.4 is 19.7 Å². The van der Waals surface area contributed by atoms with Gasteiger partial charge in [0.1, 0.15) is 10.6 Å². The molecule has 0 aliphatic carbocycles. The smallest absolute Gasteiger partial charge is 0.264 e. The minimum atomic E-state index is -3.96. The van der Waals surface area contributed by atoms with Crippen molar-refractivity contribution in [3.05, 3.63) is 77.4 Å². The first-order valence-electron chi connectivity index (χ1n) is 11.7. The molecule has 4 rings (SSSR count). The predicted octanol–water partition coefficient (Wildman–Crippen LogP) is 4.89. The van der Waals surface area contributed by atoms with Crippen molar-refractivity contribution >= 4 is 33.0 Å². The van der Waals surface area contributed by atoms with Gasteiger partial charge >= 0.3 is 0 Å². The lowest BCUT2D eigenvalue weighted by molar-refractivity contribution is -0.115. The topological polar surface area (TPSA) is 87.7 Å². The molecule has 184 valence electrons. The highest BCUT2D eigenvalue weighted by molar-refractivity contribution is 7.93. The van der Waals surface area contributed by atoms with Crippen LogP contribution in [0.2, 0.25) is 0 Å². The summed E-state index contributed by atoms with van der Waals surface area (Å²) < 4.78 is 35.0. The number of anilines is 3. The van der Waals surface area contributed by atoms with Crippen molar-refractivity contribution in [2.75, 3.05) is 35.1 Å². The van der Waals surface area contributed by atoms with Crippen LogP contribution in [-0.4, -0.2) is 34.5 Å². The number of hydrogen-bond acceptors (Lipinski definition) is 5. The van der Waals surface area contributed by atoms with E-state index in [9.17, 15) is 13.2 Å². The Morgan fingerprint density at radius 2 is 1.71 bits per heavy atom. The standard InChI is InChI=1S/C27H31N3O4S/c1-19-10-11-21(16-20(19)2)17-27(31)28-22-12-13-24(30-14-6-7-15-30)26(18-22)35(32,33)29-23-8-4-5-9-25(23)34-3/h4-5,8-13,16,18,29H,6-7,14-15,17H2,1-3H3,(H,28,31). The fourth-order valence-corrected chi connectivity index (χ4v) is 5.58. The second-order valence-corrected chi connectivity index (χ2v) is 10.5. The largest absolute Gasteiger partial charge is 0.495 e. The van der Waals surface area contributed by atoms with Crippen LogP contribution in [0.15, 0.2) is 65.6 Å². The fraction of sp³-hybridized carbons (Fsp3) is 0.296. The molecule has 2 N–H and O–H groups in total. The molecule has 0 bridgehead atoms. The first-order chi connectivity index (χ1) is 16.8. The number of aryl methyl sites for hydroxylation is 2. The molecular formula is C27H31N3O4S. The summed E-state index contributed by atoms with van der Waals surface area (Å²) >= 11 is 0. The molecule has 3 aromatic carbocycles. The minimum Gasteiger partial charge on any atom is -0.495 e. The predicted molar refractivity (Wildman–Crippen MR) is 140 cm³/mol. The quantitative estimate of drug-likeness (QED) is 0.466. The first-order valence-corrected chi connectivity index (χ1v) is 13.2. The van der Waals surface area contributed by atoms with E-state index in [0.717, 1.165) is 37.1 Å². The highest BCUT2D eigenvalue weighted by Crippen LogP contribution is 2.34. The monoisotopic (exact) mass is 493 g/mol. The summed E-state index contributed by atoms with van der Waals surface area (Å²) in [5.41, 5.74) is 4.61. The Kier molecular flexibility index (Phi) is 7.31. The zero-order valence-electron chi connectivity index (χ0n) is 20.3. The molecule has 0 spiro atoms. The molecule has 8 heteroatoms. The van der Waals surface area contributed by atoms with Crippen LogP contribution in [0.4, 0.5) is 17.1 Å². The Morgan fingerprint density at radius 1 is 0.971 bits per heavy atom. The van der Waals surface area contributed by atoms with Gasteiger partial charge < -0.3 is 15.0 Å². The van der Waals surface area contributed by atoms with Crippen LogP contribution in [0, 0.1) is 13.8 Å². The summed E-state index contributed by atoms with van der Waals surface area (Å²) in [7, 11) is -2.47. The summed E-state index contributed by atoms with van der Waals surface area (Å²) in [4.78, 5) is 14.9. The Hall–Kier alpha value is -3.52. The molecule has 0 unspecified atom stereocenters. The number of sulfonamides is 1. The van der Waals surface area contributed by atoms with Gasteiger partial charge in [-0.3, -0.25) is 9.52 Å². The number of benzene rings is 3. The molecule has 0 atom stereocenters. The zero-order chi connectivity index (χ0) is 25.0. The van der Waals surface area contributed by atoms with E-state index in [1.807, 2.05) is 32.0 Å². The van der Waals surface area contributed by atoms with E-state index < -0.39 is 10.0 Å². The number of nitrogens with zero attached hydrogens (tertiary/aromatic N) is 1. The summed E-state index contributed by atoms with van der Waals surface area (Å²) in [6, 6.07) is 17.9. The molecule has 7 nitrogen and oxygen atoms in total. The highest BCUT2D eigenvalue weighted by Gasteiger charge is 2.25. The van der Waals surface area contributed by atoms with Gasteiger partial charge in [0.25, 0.3) is 10.0 Å². The van der Waals surface area contributed by atoms with Crippen molar-refractivity contribution in [2.45, 2.75) is 38.0 Å². The van der Waals surface area contributed by atoms with Gasteiger partial charge in [-0.2, -0.15) is 0 Å². The molecule has 1 aliphatic heterocycles. The van der Waals surface area contributed by atoms with Gasteiger partial charge in [0.2, 0.25) is 5.91 Å². The second-order valence-electron chi connectivity index (χ2n) is 8.83. The number of amides is 1. The van der Waals surface area contributed by atoms with Crippen LogP contribution in [0.5, 0.6) is 5.75 Å². The lowest BCUT2D eigenvalue weighted by atomic mass is 10.0. The lowest BCUT2D eigenvalue weighted by Crippen LogP contribution is -2.23. The second kappa shape index (κ2) is 10.4. The van der Waals surface area contributed by atoms with Crippen molar-refractivity contribution in [2.24, 2.45) is 0 Å². The van der Waals surface area contributed by atoms with Gasteiger partial charge in [0.05, 0.1) is 24.9 Å². The minimum absolute atomic E-state index is 0.120. The average molecular weight is 494 g/mol. The van der Waals surface area contributed by atoms with E-state index >= 15 is 0 Å². The average Bonchev–Trinajstić information content (AvgIpc) is 3.36. The number of methoxy groups -OCH3 is 1. The Labute approximate surface area is 207 Å². The normalized spacial score (nSPS) is 13.5. The van der Waals surface area contributed by atoms with Crippen LogP contribution in [0.3, 0.4) is 0 Å². The Balaban J connectivity index is 1.63. The zero-order valence-corrected chi connectivity index (χ0v) is 21.1. The molecule has 1 fully saturated rings. The van der Waals surface area contributed by atoms with E-state index in [2.05, 4.69) is 14.9 Å². The molecule has 1 amide bonds. The maximum atomic E-state index is 13.5. The number of hydrogen-bond donors (Lipinski definition) is 2. The lowest BCUT2D eigenvalue weighted by Gasteiger charge is -2.23.